The number of aliphatic imine (C=N–C) groups is 1. The fraction of sp³-hybridized carbons (Fsp3) is 0.367. The number of nitrogens with two attached hydrogens (primary N) is 1. The van der Waals surface area contributed by atoms with Crippen LogP contribution in [0, 0.1) is 20.8 Å². The fourth-order valence-corrected chi connectivity index (χ4v) is 5.93. The lowest BCUT2D eigenvalue weighted by atomic mass is 9.97. The molecule has 1 saturated heterocycles. The second-order valence-electron chi connectivity index (χ2n) is 10.1. The van der Waals surface area contributed by atoms with Crippen molar-refractivity contribution in [1.29, 1.82) is 0 Å². The van der Waals surface area contributed by atoms with Gasteiger partial charge in [0, 0.05) is 23.5 Å². The SMILES string of the molecule is Cc1cc(C)c(Nc2cccc(CC[C@H]3CC[C@@H]4C[C@H](c5ccccc5)N=C(N)N34)c2)c(C)c1. The molecule has 4 nitrogen and oxygen atoms in total. The normalized spacial score (nSPS) is 21.8. The van der Waals surface area contributed by atoms with E-state index in [9.17, 15) is 0 Å². The fourth-order valence-electron chi connectivity index (χ4n) is 5.93. The number of rotatable bonds is 6. The molecule has 4 heteroatoms. The molecule has 34 heavy (non-hydrogen) atoms. The molecule has 0 aromatic heterocycles. The summed E-state index contributed by atoms with van der Waals surface area (Å²) in [4.78, 5) is 7.31. The van der Waals surface area contributed by atoms with Crippen molar-refractivity contribution in [3.05, 3.63) is 94.5 Å². The smallest absolute Gasteiger partial charge is 0.192 e. The van der Waals surface area contributed by atoms with Crippen molar-refractivity contribution >= 4 is 17.3 Å². The van der Waals surface area contributed by atoms with E-state index in [0.29, 0.717) is 12.1 Å². The quantitative estimate of drug-likeness (QED) is 0.444. The Morgan fingerprint density at radius 1 is 0.941 bits per heavy atom. The molecule has 3 N–H and O–H groups in total. The second-order valence-corrected chi connectivity index (χ2v) is 10.1. The summed E-state index contributed by atoms with van der Waals surface area (Å²) in [5.41, 5.74) is 15.4. The van der Waals surface area contributed by atoms with Crippen LogP contribution in [0.5, 0.6) is 0 Å². The van der Waals surface area contributed by atoms with E-state index in [1.165, 1.54) is 46.3 Å². The first-order valence-electron chi connectivity index (χ1n) is 12.6. The van der Waals surface area contributed by atoms with Crippen LogP contribution in [0.25, 0.3) is 0 Å². The van der Waals surface area contributed by atoms with Gasteiger partial charge in [0.25, 0.3) is 0 Å². The average Bonchev–Trinajstić information content (AvgIpc) is 3.24. The maximum absolute atomic E-state index is 6.52. The number of anilines is 2. The van der Waals surface area contributed by atoms with E-state index in [4.69, 9.17) is 10.7 Å². The number of hydrogen-bond acceptors (Lipinski definition) is 4. The lowest BCUT2D eigenvalue weighted by Crippen LogP contribution is -2.48. The van der Waals surface area contributed by atoms with E-state index >= 15 is 0 Å². The number of nitrogens with zero attached hydrogens (tertiary/aromatic N) is 2. The van der Waals surface area contributed by atoms with Crippen molar-refractivity contribution in [3.8, 4) is 0 Å². The number of hydrogen-bond donors (Lipinski definition) is 2. The minimum absolute atomic E-state index is 0.192. The highest BCUT2D eigenvalue weighted by atomic mass is 15.3. The van der Waals surface area contributed by atoms with Crippen LogP contribution < -0.4 is 11.1 Å². The third-order valence-electron chi connectivity index (χ3n) is 7.49. The van der Waals surface area contributed by atoms with Crippen LogP contribution in [0.2, 0.25) is 0 Å². The molecular weight excluding hydrogens is 416 g/mol. The van der Waals surface area contributed by atoms with Crippen molar-refractivity contribution < 1.29 is 0 Å². The van der Waals surface area contributed by atoms with Gasteiger partial charge >= 0.3 is 0 Å². The summed E-state index contributed by atoms with van der Waals surface area (Å²) in [6.45, 7) is 6.50. The number of aryl methyl sites for hydroxylation is 4. The van der Waals surface area contributed by atoms with Crippen LogP contribution in [-0.4, -0.2) is 22.9 Å². The summed E-state index contributed by atoms with van der Waals surface area (Å²) in [6, 6.07) is 25.1. The molecule has 0 bridgehead atoms. The predicted molar refractivity (Wildman–Crippen MR) is 143 cm³/mol. The van der Waals surface area contributed by atoms with Crippen molar-refractivity contribution in [2.75, 3.05) is 5.32 Å². The summed E-state index contributed by atoms with van der Waals surface area (Å²) in [6.07, 6.45) is 5.62. The van der Waals surface area contributed by atoms with Crippen molar-refractivity contribution in [2.24, 2.45) is 10.7 Å². The lowest BCUT2D eigenvalue weighted by molar-refractivity contribution is 0.256. The van der Waals surface area contributed by atoms with E-state index in [1.54, 1.807) is 0 Å². The van der Waals surface area contributed by atoms with Crippen LogP contribution in [0.1, 0.15) is 59.5 Å². The molecule has 3 atom stereocenters. The summed E-state index contributed by atoms with van der Waals surface area (Å²) in [5.74, 6) is 0.730. The van der Waals surface area contributed by atoms with E-state index in [-0.39, 0.29) is 6.04 Å². The summed E-state index contributed by atoms with van der Waals surface area (Å²) >= 11 is 0. The Kier molecular flexibility index (Phi) is 6.32. The topological polar surface area (TPSA) is 53.6 Å². The maximum Gasteiger partial charge on any atom is 0.192 e. The summed E-state index contributed by atoms with van der Waals surface area (Å²) in [7, 11) is 0. The highest BCUT2D eigenvalue weighted by Gasteiger charge is 2.39. The Labute approximate surface area is 203 Å². The molecule has 1 fully saturated rings. The molecule has 2 aliphatic heterocycles. The third kappa shape index (κ3) is 4.68. The van der Waals surface area contributed by atoms with Gasteiger partial charge in [-0.05, 0) is 87.3 Å². The lowest BCUT2D eigenvalue weighted by Gasteiger charge is -2.37. The van der Waals surface area contributed by atoms with Gasteiger partial charge in [0.05, 0.1) is 6.04 Å². The molecule has 0 saturated carbocycles. The Morgan fingerprint density at radius 2 is 1.71 bits per heavy atom. The van der Waals surface area contributed by atoms with Gasteiger partial charge < -0.3 is 16.0 Å². The van der Waals surface area contributed by atoms with E-state index in [1.807, 2.05) is 0 Å². The van der Waals surface area contributed by atoms with Gasteiger partial charge in [0.15, 0.2) is 5.96 Å². The molecule has 3 aromatic rings. The molecule has 5 rings (SSSR count). The molecule has 2 aliphatic rings. The maximum atomic E-state index is 6.52. The van der Waals surface area contributed by atoms with Gasteiger partial charge in [-0.1, -0.05) is 60.2 Å². The average molecular weight is 453 g/mol. The molecule has 3 aromatic carbocycles. The number of nitrogens with one attached hydrogen (secondary N) is 1. The summed E-state index contributed by atoms with van der Waals surface area (Å²) in [5, 5.41) is 3.66. The minimum Gasteiger partial charge on any atom is -0.370 e. The molecule has 0 amide bonds. The molecule has 0 radical (unpaired) electrons. The Balaban J connectivity index is 1.25. The minimum atomic E-state index is 0.192. The van der Waals surface area contributed by atoms with Crippen molar-refractivity contribution in [1.82, 2.24) is 4.90 Å². The van der Waals surface area contributed by atoms with Crippen LogP contribution in [0.4, 0.5) is 11.4 Å². The summed E-state index contributed by atoms with van der Waals surface area (Å²) < 4.78 is 0. The Bertz CT molecular complexity index is 1160. The first-order valence-corrected chi connectivity index (χ1v) is 12.6. The predicted octanol–water partition coefficient (Wildman–Crippen LogP) is 6.58. The molecule has 0 unspecified atom stereocenters. The zero-order valence-electron chi connectivity index (χ0n) is 20.6. The van der Waals surface area contributed by atoms with Gasteiger partial charge in [-0.2, -0.15) is 0 Å². The standard InChI is InChI=1S/C30H36N4/c1-20-16-21(2)29(22(3)17-20)32-25-11-7-8-23(18-25)12-13-26-14-15-27-19-28(33-30(31)34(26)27)24-9-5-4-6-10-24/h4-11,16-18,26-28,32H,12-15,19H2,1-3H3,(H2,31,33)/t26-,27+,28+/m0/s1. The van der Waals surface area contributed by atoms with Crippen molar-refractivity contribution in [2.45, 2.75) is 71.0 Å². The van der Waals surface area contributed by atoms with Crippen molar-refractivity contribution in [3.63, 3.8) is 0 Å². The van der Waals surface area contributed by atoms with E-state index in [2.05, 4.69) is 97.7 Å². The molecule has 176 valence electrons. The molecular formula is C30H36N4. The number of guanidine groups is 1. The molecule has 2 heterocycles. The second kappa shape index (κ2) is 9.54. The van der Waals surface area contributed by atoms with Crippen LogP contribution in [-0.2, 0) is 6.42 Å². The van der Waals surface area contributed by atoms with E-state index < -0.39 is 0 Å². The molecule has 0 aliphatic carbocycles. The van der Waals surface area contributed by atoms with Gasteiger partial charge in [-0.3, -0.25) is 0 Å². The zero-order valence-corrected chi connectivity index (χ0v) is 20.6. The molecule has 0 spiro atoms. The van der Waals surface area contributed by atoms with Gasteiger partial charge in [0.2, 0.25) is 0 Å². The third-order valence-corrected chi connectivity index (χ3v) is 7.49. The monoisotopic (exact) mass is 452 g/mol. The largest absolute Gasteiger partial charge is 0.370 e. The van der Waals surface area contributed by atoms with Gasteiger partial charge in [-0.25, -0.2) is 4.99 Å². The zero-order chi connectivity index (χ0) is 23.7. The van der Waals surface area contributed by atoms with Crippen LogP contribution in [0.15, 0.2) is 71.7 Å². The highest BCUT2D eigenvalue weighted by molar-refractivity contribution is 5.80. The van der Waals surface area contributed by atoms with Crippen LogP contribution >= 0.6 is 0 Å². The first-order chi connectivity index (χ1) is 16.5. The Morgan fingerprint density at radius 3 is 2.47 bits per heavy atom. The number of benzene rings is 3. The van der Waals surface area contributed by atoms with Crippen LogP contribution in [0.3, 0.4) is 0 Å². The highest BCUT2D eigenvalue weighted by Crippen LogP contribution is 2.38. The Hall–Kier alpha value is -3.27. The first kappa shape index (κ1) is 22.5. The van der Waals surface area contributed by atoms with E-state index in [0.717, 1.165) is 30.9 Å². The van der Waals surface area contributed by atoms with Gasteiger partial charge in [-0.15, -0.1) is 0 Å². The number of fused-ring (bicyclic) bond motifs is 1. The van der Waals surface area contributed by atoms with Gasteiger partial charge in [0.1, 0.15) is 0 Å².